The van der Waals surface area contributed by atoms with E-state index >= 15 is 0 Å². The highest BCUT2D eigenvalue weighted by atomic mass is 19.3. The predicted octanol–water partition coefficient (Wildman–Crippen LogP) is 2.06. The average molecular weight is 210 g/mol. The molecule has 1 aromatic rings. The first-order chi connectivity index (χ1) is 6.56. The summed E-state index contributed by atoms with van der Waals surface area (Å²) in [6.07, 6.45) is 0. The fourth-order valence-electron chi connectivity index (χ4n) is 0.893. The second-order valence-electron chi connectivity index (χ2n) is 2.39. The summed E-state index contributed by atoms with van der Waals surface area (Å²) in [7, 11) is 0. The van der Waals surface area contributed by atoms with Crippen molar-refractivity contribution < 1.29 is 27.4 Å². The standard InChI is InChI=1S/C8H6F4O2/c9-5-2-1-4(3-13)6(10)7(5)14-8(11)12/h1-2,8,13H,3H2. The van der Waals surface area contributed by atoms with Crippen molar-refractivity contribution >= 4 is 0 Å². The molecule has 0 saturated carbocycles. The van der Waals surface area contributed by atoms with Gasteiger partial charge in [0.05, 0.1) is 6.61 Å². The molecule has 0 saturated heterocycles. The SMILES string of the molecule is OCc1ccc(F)c(OC(F)F)c1F. The van der Waals surface area contributed by atoms with E-state index in [1.54, 1.807) is 0 Å². The summed E-state index contributed by atoms with van der Waals surface area (Å²) >= 11 is 0. The van der Waals surface area contributed by atoms with Gasteiger partial charge in [0.2, 0.25) is 0 Å². The summed E-state index contributed by atoms with van der Waals surface area (Å²) in [5.74, 6) is -3.72. The summed E-state index contributed by atoms with van der Waals surface area (Å²) in [5, 5.41) is 8.56. The third-order valence-electron chi connectivity index (χ3n) is 1.51. The zero-order valence-electron chi connectivity index (χ0n) is 6.81. The van der Waals surface area contributed by atoms with Crippen LogP contribution in [0, 0.1) is 11.6 Å². The van der Waals surface area contributed by atoms with E-state index in [9.17, 15) is 17.6 Å². The zero-order chi connectivity index (χ0) is 10.7. The Hall–Kier alpha value is -1.30. The lowest BCUT2D eigenvalue weighted by atomic mass is 10.2. The largest absolute Gasteiger partial charge is 0.429 e. The molecule has 0 aromatic heterocycles. The Morgan fingerprint density at radius 1 is 1.29 bits per heavy atom. The molecule has 1 N–H and O–H groups in total. The molecule has 0 aliphatic carbocycles. The molecule has 78 valence electrons. The Bertz CT molecular complexity index is 327. The van der Waals surface area contributed by atoms with Crippen LogP contribution in [0.15, 0.2) is 12.1 Å². The molecule has 1 aromatic carbocycles. The number of benzene rings is 1. The van der Waals surface area contributed by atoms with Crippen LogP contribution in [0.3, 0.4) is 0 Å². The molecule has 14 heavy (non-hydrogen) atoms. The summed E-state index contributed by atoms with van der Waals surface area (Å²) in [5.41, 5.74) is -0.304. The minimum Gasteiger partial charge on any atom is -0.429 e. The molecule has 0 heterocycles. The number of hydrogen-bond acceptors (Lipinski definition) is 2. The van der Waals surface area contributed by atoms with E-state index in [2.05, 4.69) is 4.74 Å². The van der Waals surface area contributed by atoms with E-state index in [-0.39, 0.29) is 5.56 Å². The number of rotatable bonds is 3. The van der Waals surface area contributed by atoms with Gasteiger partial charge in [-0.15, -0.1) is 0 Å². The van der Waals surface area contributed by atoms with Gasteiger partial charge < -0.3 is 9.84 Å². The molecule has 0 amide bonds. The Balaban J connectivity index is 3.11. The molecular weight excluding hydrogens is 204 g/mol. The van der Waals surface area contributed by atoms with E-state index in [1.807, 2.05) is 0 Å². The van der Waals surface area contributed by atoms with Gasteiger partial charge in [0, 0.05) is 5.56 Å². The maximum atomic E-state index is 13.0. The van der Waals surface area contributed by atoms with E-state index in [0.717, 1.165) is 12.1 Å². The van der Waals surface area contributed by atoms with Gasteiger partial charge >= 0.3 is 6.61 Å². The highest BCUT2D eigenvalue weighted by Gasteiger charge is 2.17. The molecule has 0 atom stereocenters. The molecule has 0 aliphatic rings. The third kappa shape index (κ3) is 2.14. The van der Waals surface area contributed by atoms with Crippen LogP contribution in [0.1, 0.15) is 5.56 Å². The van der Waals surface area contributed by atoms with Crippen LogP contribution >= 0.6 is 0 Å². The lowest BCUT2D eigenvalue weighted by Crippen LogP contribution is -2.07. The Kier molecular flexibility index (Phi) is 3.29. The van der Waals surface area contributed by atoms with Gasteiger partial charge in [-0.05, 0) is 6.07 Å². The van der Waals surface area contributed by atoms with Crippen LogP contribution in [0.5, 0.6) is 5.75 Å². The van der Waals surface area contributed by atoms with Gasteiger partial charge in [-0.25, -0.2) is 8.78 Å². The second-order valence-corrected chi connectivity index (χ2v) is 2.39. The van der Waals surface area contributed by atoms with Gasteiger partial charge in [-0.3, -0.25) is 0 Å². The lowest BCUT2D eigenvalue weighted by Gasteiger charge is -2.08. The smallest absolute Gasteiger partial charge is 0.387 e. The third-order valence-corrected chi connectivity index (χ3v) is 1.51. The van der Waals surface area contributed by atoms with E-state index in [0.29, 0.717) is 0 Å². The van der Waals surface area contributed by atoms with Crippen molar-refractivity contribution in [2.24, 2.45) is 0 Å². The fourth-order valence-corrected chi connectivity index (χ4v) is 0.893. The maximum absolute atomic E-state index is 13.0. The van der Waals surface area contributed by atoms with E-state index < -0.39 is 30.6 Å². The number of aliphatic hydroxyl groups excluding tert-OH is 1. The summed E-state index contributed by atoms with van der Waals surface area (Å²) in [6, 6.07) is 1.69. The minimum atomic E-state index is -3.31. The number of halogens is 4. The summed E-state index contributed by atoms with van der Waals surface area (Å²) in [4.78, 5) is 0. The maximum Gasteiger partial charge on any atom is 0.387 e. The van der Waals surface area contributed by atoms with Crippen LogP contribution in [0.2, 0.25) is 0 Å². The molecule has 0 fully saturated rings. The van der Waals surface area contributed by atoms with Crippen molar-refractivity contribution in [1.82, 2.24) is 0 Å². The fraction of sp³-hybridized carbons (Fsp3) is 0.250. The van der Waals surface area contributed by atoms with Crippen LogP contribution in [0.4, 0.5) is 17.6 Å². The Morgan fingerprint density at radius 2 is 1.93 bits per heavy atom. The number of aliphatic hydroxyl groups is 1. The summed E-state index contributed by atoms with van der Waals surface area (Å²) in [6.45, 7) is -4.03. The van der Waals surface area contributed by atoms with Crippen LogP contribution in [-0.2, 0) is 6.61 Å². The van der Waals surface area contributed by atoms with Crippen molar-refractivity contribution in [1.29, 1.82) is 0 Å². The quantitative estimate of drug-likeness (QED) is 0.773. The molecule has 0 radical (unpaired) electrons. The average Bonchev–Trinajstić information content (AvgIpc) is 2.12. The zero-order valence-corrected chi connectivity index (χ0v) is 6.81. The van der Waals surface area contributed by atoms with Crippen LogP contribution < -0.4 is 4.74 Å². The molecule has 2 nitrogen and oxygen atoms in total. The van der Waals surface area contributed by atoms with Gasteiger partial charge in [0.15, 0.2) is 17.4 Å². The molecule has 1 rings (SSSR count). The van der Waals surface area contributed by atoms with Crippen LogP contribution in [-0.4, -0.2) is 11.7 Å². The van der Waals surface area contributed by atoms with Crippen molar-refractivity contribution in [3.63, 3.8) is 0 Å². The molecule has 6 heteroatoms. The van der Waals surface area contributed by atoms with Crippen LogP contribution in [0.25, 0.3) is 0 Å². The highest BCUT2D eigenvalue weighted by Crippen LogP contribution is 2.26. The molecular formula is C8H6F4O2. The normalized spacial score (nSPS) is 10.7. The van der Waals surface area contributed by atoms with Crippen molar-refractivity contribution in [3.8, 4) is 5.75 Å². The number of ether oxygens (including phenoxy) is 1. The number of hydrogen-bond donors (Lipinski definition) is 1. The predicted molar refractivity (Wildman–Crippen MR) is 38.9 cm³/mol. The first kappa shape index (κ1) is 10.8. The van der Waals surface area contributed by atoms with Crippen molar-refractivity contribution in [3.05, 3.63) is 29.3 Å². The highest BCUT2D eigenvalue weighted by molar-refractivity contribution is 5.32. The van der Waals surface area contributed by atoms with Gasteiger partial charge in [0.1, 0.15) is 0 Å². The molecule has 0 spiro atoms. The van der Waals surface area contributed by atoms with E-state index in [4.69, 9.17) is 5.11 Å². The molecule has 0 unspecified atom stereocenters. The van der Waals surface area contributed by atoms with E-state index in [1.165, 1.54) is 0 Å². The Labute approximate surface area is 76.7 Å². The van der Waals surface area contributed by atoms with Crippen molar-refractivity contribution in [2.45, 2.75) is 13.2 Å². The minimum absolute atomic E-state index is 0.304. The summed E-state index contributed by atoms with van der Waals surface area (Å²) < 4.78 is 52.8. The first-order valence-corrected chi connectivity index (χ1v) is 3.58. The van der Waals surface area contributed by atoms with Gasteiger partial charge in [-0.1, -0.05) is 6.07 Å². The molecule has 0 aliphatic heterocycles. The Morgan fingerprint density at radius 3 is 2.43 bits per heavy atom. The number of alkyl halides is 2. The second kappa shape index (κ2) is 4.28. The van der Waals surface area contributed by atoms with Gasteiger partial charge in [-0.2, -0.15) is 8.78 Å². The topological polar surface area (TPSA) is 29.5 Å². The monoisotopic (exact) mass is 210 g/mol. The van der Waals surface area contributed by atoms with Gasteiger partial charge in [0.25, 0.3) is 0 Å². The first-order valence-electron chi connectivity index (χ1n) is 3.58. The lowest BCUT2D eigenvalue weighted by molar-refractivity contribution is -0.0548. The van der Waals surface area contributed by atoms with Crippen molar-refractivity contribution in [2.75, 3.05) is 0 Å². The molecule has 0 bridgehead atoms.